The smallest absolute Gasteiger partial charge is 0.319 e. The van der Waals surface area contributed by atoms with Gasteiger partial charge in [0.05, 0.1) is 20.8 Å². The zero-order chi connectivity index (χ0) is 17.5. The van der Waals surface area contributed by atoms with Crippen LogP contribution in [-0.2, 0) is 6.54 Å². The SMILES string of the molecule is COc1ccc(NC(=O)NCc2nccc(N(C)C)n2)cc1OC. The molecule has 8 nitrogen and oxygen atoms in total. The number of anilines is 2. The number of carbonyl (C=O) groups excluding carboxylic acids is 1. The standard InChI is InChI=1S/C16H21N5O3/c1-21(2)15-7-8-17-14(20-15)10-18-16(22)19-11-5-6-12(23-3)13(9-11)24-4/h5-9H,10H2,1-4H3,(H2,18,19,22). The van der Waals surface area contributed by atoms with Crippen LogP contribution in [-0.4, -0.2) is 44.3 Å². The van der Waals surface area contributed by atoms with E-state index in [-0.39, 0.29) is 12.6 Å². The highest BCUT2D eigenvalue weighted by atomic mass is 16.5. The summed E-state index contributed by atoms with van der Waals surface area (Å²) >= 11 is 0. The van der Waals surface area contributed by atoms with Gasteiger partial charge in [-0.2, -0.15) is 0 Å². The Hall–Kier alpha value is -3.03. The summed E-state index contributed by atoms with van der Waals surface area (Å²) < 4.78 is 10.4. The fraction of sp³-hybridized carbons (Fsp3) is 0.312. The number of amides is 2. The molecule has 0 spiro atoms. The molecule has 0 bridgehead atoms. The van der Waals surface area contributed by atoms with Crippen molar-refractivity contribution >= 4 is 17.5 Å². The van der Waals surface area contributed by atoms with Crippen molar-refractivity contribution in [2.24, 2.45) is 0 Å². The second-order valence-corrected chi connectivity index (χ2v) is 5.10. The number of benzene rings is 1. The number of nitrogens with zero attached hydrogens (tertiary/aromatic N) is 3. The molecule has 1 aromatic heterocycles. The number of nitrogens with one attached hydrogen (secondary N) is 2. The monoisotopic (exact) mass is 331 g/mol. The lowest BCUT2D eigenvalue weighted by molar-refractivity contribution is 0.251. The van der Waals surface area contributed by atoms with Crippen molar-refractivity contribution in [3.05, 3.63) is 36.3 Å². The van der Waals surface area contributed by atoms with Crippen molar-refractivity contribution in [2.75, 3.05) is 38.5 Å². The van der Waals surface area contributed by atoms with Crippen molar-refractivity contribution in [1.82, 2.24) is 15.3 Å². The second-order valence-electron chi connectivity index (χ2n) is 5.10. The van der Waals surface area contributed by atoms with Gasteiger partial charge in [-0.05, 0) is 18.2 Å². The molecule has 2 rings (SSSR count). The van der Waals surface area contributed by atoms with Gasteiger partial charge in [-0.15, -0.1) is 0 Å². The number of urea groups is 1. The molecule has 0 saturated carbocycles. The highest BCUT2D eigenvalue weighted by Crippen LogP contribution is 2.29. The van der Waals surface area contributed by atoms with E-state index in [9.17, 15) is 4.79 Å². The number of rotatable bonds is 6. The minimum Gasteiger partial charge on any atom is -0.493 e. The van der Waals surface area contributed by atoms with Crippen LogP contribution in [0.1, 0.15) is 5.82 Å². The fourth-order valence-corrected chi connectivity index (χ4v) is 1.97. The molecule has 2 N–H and O–H groups in total. The summed E-state index contributed by atoms with van der Waals surface area (Å²) in [6, 6.07) is 6.57. The van der Waals surface area contributed by atoms with Crippen molar-refractivity contribution in [3.8, 4) is 11.5 Å². The molecule has 0 aliphatic heterocycles. The Balaban J connectivity index is 1.95. The van der Waals surface area contributed by atoms with E-state index >= 15 is 0 Å². The van der Waals surface area contributed by atoms with Crippen LogP contribution >= 0.6 is 0 Å². The first kappa shape index (κ1) is 17.3. The van der Waals surface area contributed by atoms with E-state index in [1.807, 2.05) is 19.0 Å². The summed E-state index contributed by atoms with van der Waals surface area (Å²) in [5.41, 5.74) is 0.591. The Labute approximate surface area is 140 Å². The summed E-state index contributed by atoms with van der Waals surface area (Å²) in [7, 11) is 6.88. The summed E-state index contributed by atoms with van der Waals surface area (Å²) in [6.07, 6.45) is 1.66. The van der Waals surface area contributed by atoms with E-state index in [4.69, 9.17) is 9.47 Å². The van der Waals surface area contributed by atoms with Gasteiger partial charge in [0, 0.05) is 32.0 Å². The van der Waals surface area contributed by atoms with Crippen LogP contribution in [0.3, 0.4) is 0 Å². The van der Waals surface area contributed by atoms with Gasteiger partial charge in [-0.3, -0.25) is 0 Å². The molecule has 1 heterocycles. The molecule has 24 heavy (non-hydrogen) atoms. The topological polar surface area (TPSA) is 88.6 Å². The maximum absolute atomic E-state index is 12.0. The lowest BCUT2D eigenvalue weighted by Gasteiger charge is -2.13. The van der Waals surface area contributed by atoms with Crippen LogP contribution < -0.4 is 25.0 Å². The quantitative estimate of drug-likeness (QED) is 0.840. The number of hydrogen-bond acceptors (Lipinski definition) is 6. The molecule has 1 aromatic carbocycles. The van der Waals surface area contributed by atoms with Crippen LogP contribution in [0.25, 0.3) is 0 Å². The van der Waals surface area contributed by atoms with Crippen molar-refractivity contribution in [1.29, 1.82) is 0 Å². The average Bonchev–Trinajstić information content (AvgIpc) is 2.60. The van der Waals surface area contributed by atoms with Gasteiger partial charge in [0.1, 0.15) is 11.6 Å². The first-order valence-corrected chi connectivity index (χ1v) is 7.29. The number of carbonyl (C=O) groups is 1. The summed E-state index contributed by atoms with van der Waals surface area (Å²) in [4.78, 5) is 22.3. The van der Waals surface area contributed by atoms with Crippen LogP contribution in [0.15, 0.2) is 30.5 Å². The molecular weight excluding hydrogens is 310 g/mol. The minimum atomic E-state index is -0.360. The summed E-state index contributed by atoms with van der Waals surface area (Å²) in [6.45, 7) is 0.223. The molecule has 2 aromatic rings. The van der Waals surface area contributed by atoms with Crippen molar-refractivity contribution in [2.45, 2.75) is 6.54 Å². The van der Waals surface area contributed by atoms with Crippen molar-refractivity contribution < 1.29 is 14.3 Å². The Morgan fingerprint density at radius 1 is 1.17 bits per heavy atom. The lowest BCUT2D eigenvalue weighted by atomic mass is 10.3. The average molecular weight is 331 g/mol. The van der Waals surface area contributed by atoms with E-state index in [1.165, 1.54) is 7.11 Å². The zero-order valence-corrected chi connectivity index (χ0v) is 14.2. The molecule has 2 amide bonds. The predicted molar refractivity (Wildman–Crippen MR) is 91.8 cm³/mol. The molecular formula is C16H21N5O3. The molecule has 0 aliphatic carbocycles. The largest absolute Gasteiger partial charge is 0.493 e. The maximum Gasteiger partial charge on any atom is 0.319 e. The first-order valence-electron chi connectivity index (χ1n) is 7.29. The molecule has 128 valence electrons. The number of ether oxygens (including phenoxy) is 2. The van der Waals surface area contributed by atoms with Gasteiger partial charge in [0.25, 0.3) is 0 Å². The third-order valence-electron chi connectivity index (χ3n) is 3.20. The van der Waals surface area contributed by atoms with E-state index in [2.05, 4.69) is 20.6 Å². The van der Waals surface area contributed by atoms with E-state index in [0.29, 0.717) is 23.0 Å². The van der Waals surface area contributed by atoms with E-state index in [1.54, 1.807) is 37.6 Å². The first-order chi connectivity index (χ1) is 11.5. The third-order valence-corrected chi connectivity index (χ3v) is 3.20. The van der Waals surface area contributed by atoms with Crippen LogP contribution in [0.5, 0.6) is 11.5 Å². The molecule has 0 aliphatic rings. The highest BCUT2D eigenvalue weighted by Gasteiger charge is 2.08. The Bertz CT molecular complexity index is 706. The highest BCUT2D eigenvalue weighted by molar-refractivity contribution is 5.89. The number of aromatic nitrogens is 2. The Morgan fingerprint density at radius 2 is 1.92 bits per heavy atom. The molecule has 8 heteroatoms. The van der Waals surface area contributed by atoms with Crippen LogP contribution in [0, 0.1) is 0 Å². The maximum atomic E-state index is 12.0. The third kappa shape index (κ3) is 4.48. The minimum absolute atomic E-state index is 0.223. The van der Waals surface area contributed by atoms with Gasteiger partial charge in [-0.25, -0.2) is 14.8 Å². The Kier molecular flexibility index (Phi) is 5.78. The molecule has 0 fully saturated rings. The van der Waals surface area contributed by atoms with Gasteiger partial charge >= 0.3 is 6.03 Å². The fourth-order valence-electron chi connectivity index (χ4n) is 1.97. The van der Waals surface area contributed by atoms with Gasteiger partial charge in [0.15, 0.2) is 11.5 Å². The number of hydrogen-bond donors (Lipinski definition) is 2. The van der Waals surface area contributed by atoms with Crippen molar-refractivity contribution in [3.63, 3.8) is 0 Å². The van der Waals surface area contributed by atoms with Gasteiger partial charge in [-0.1, -0.05) is 0 Å². The summed E-state index contributed by atoms with van der Waals surface area (Å²) in [5, 5.41) is 5.44. The predicted octanol–water partition coefficient (Wildman–Crippen LogP) is 1.88. The van der Waals surface area contributed by atoms with E-state index < -0.39 is 0 Å². The molecule has 0 radical (unpaired) electrons. The van der Waals surface area contributed by atoms with Crippen LogP contribution in [0.2, 0.25) is 0 Å². The molecule has 0 unspecified atom stereocenters. The number of methoxy groups -OCH3 is 2. The lowest BCUT2D eigenvalue weighted by Crippen LogP contribution is -2.29. The molecule has 0 atom stereocenters. The summed E-state index contributed by atoms with van der Waals surface area (Å²) in [5.74, 6) is 2.44. The zero-order valence-electron chi connectivity index (χ0n) is 14.2. The molecule has 0 saturated heterocycles. The van der Waals surface area contributed by atoms with Crippen LogP contribution in [0.4, 0.5) is 16.3 Å². The second kappa shape index (κ2) is 8.00. The van der Waals surface area contributed by atoms with E-state index in [0.717, 1.165) is 5.82 Å². The van der Waals surface area contributed by atoms with Gasteiger partial charge < -0.3 is 25.0 Å². The normalized spacial score (nSPS) is 10.0. The Morgan fingerprint density at radius 3 is 2.58 bits per heavy atom. The van der Waals surface area contributed by atoms with Gasteiger partial charge in [0.2, 0.25) is 0 Å².